The Balaban J connectivity index is 1.84. The summed E-state index contributed by atoms with van der Waals surface area (Å²) in [6.45, 7) is 5.07. The molecule has 0 amide bonds. The Hall–Kier alpha value is -1.85. The van der Waals surface area contributed by atoms with E-state index >= 15 is 0 Å². The molecular formula is C17H21NO4. The standard InChI is InChI=1S/C17H21NO4/c1-10-4-12-6-14(22-16(12)5-11(10)2)9-18-8-13(19)7-15(18)17(20)21-3/h4-6,13,15,19H,7-9H2,1-3H3/t13-,15+/m0/s1. The molecule has 0 aliphatic carbocycles. The summed E-state index contributed by atoms with van der Waals surface area (Å²) >= 11 is 0. The average molecular weight is 303 g/mol. The minimum atomic E-state index is -0.502. The van der Waals surface area contributed by atoms with Gasteiger partial charge >= 0.3 is 5.97 Å². The summed E-state index contributed by atoms with van der Waals surface area (Å²) in [5.74, 6) is 0.488. The first kappa shape index (κ1) is 15.1. The zero-order valence-corrected chi connectivity index (χ0v) is 13.1. The number of β-amino-alcohol motifs (C(OH)–C–C–N with tert-alkyl or cyclic N) is 1. The quantitative estimate of drug-likeness (QED) is 0.880. The third-order valence-electron chi connectivity index (χ3n) is 4.40. The van der Waals surface area contributed by atoms with Crippen LogP contribution in [0.25, 0.3) is 11.0 Å². The third kappa shape index (κ3) is 2.74. The highest BCUT2D eigenvalue weighted by Crippen LogP contribution is 2.27. The number of aliphatic hydroxyl groups excluding tert-OH is 1. The van der Waals surface area contributed by atoms with Crippen LogP contribution in [0, 0.1) is 13.8 Å². The van der Waals surface area contributed by atoms with E-state index in [4.69, 9.17) is 9.15 Å². The minimum Gasteiger partial charge on any atom is -0.468 e. The maximum Gasteiger partial charge on any atom is 0.323 e. The highest BCUT2D eigenvalue weighted by Gasteiger charge is 2.37. The molecule has 1 saturated heterocycles. The van der Waals surface area contributed by atoms with Gasteiger partial charge in [0, 0.05) is 18.4 Å². The molecule has 1 aliphatic rings. The van der Waals surface area contributed by atoms with Gasteiger partial charge in [0.1, 0.15) is 17.4 Å². The first-order chi connectivity index (χ1) is 10.5. The van der Waals surface area contributed by atoms with E-state index in [1.807, 2.05) is 17.0 Å². The second-order valence-electron chi connectivity index (χ2n) is 6.04. The molecule has 5 nitrogen and oxygen atoms in total. The Morgan fingerprint density at radius 1 is 1.36 bits per heavy atom. The van der Waals surface area contributed by atoms with Gasteiger partial charge in [0.15, 0.2) is 0 Å². The van der Waals surface area contributed by atoms with Crippen molar-refractivity contribution in [2.75, 3.05) is 13.7 Å². The van der Waals surface area contributed by atoms with Crippen LogP contribution in [0.3, 0.4) is 0 Å². The highest BCUT2D eigenvalue weighted by atomic mass is 16.5. The molecule has 0 spiro atoms. The number of benzene rings is 1. The van der Waals surface area contributed by atoms with Crippen molar-refractivity contribution in [2.24, 2.45) is 0 Å². The predicted molar refractivity (Wildman–Crippen MR) is 82.5 cm³/mol. The van der Waals surface area contributed by atoms with Crippen molar-refractivity contribution in [3.63, 3.8) is 0 Å². The van der Waals surface area contributed by atoms with Crippen molar-refractivity contribution < 1.29 is 19.1 Å². The number of furan rings is 1. The molecule has 0 saturated carbocycles. The van der Waals surface area contributed by atoms with Crippen LogP contribution in [-0.2, 0) is 16.1 Å². The first-order valence-electron chi connectivity index (χ1n) is 7.47. The molecule has 1 aromatic carbocycles. The molecule has 118 valence electrons. The Morgan fingerprint density at radius 3 is 2.82 bits per heavy atom. The number of hydrogen-bond donors (Lipinski definition) is 1. The van der Waals surface area contributed by atoms with Crippen molar-refractivity contribution >= 4 is 16.9 Å². The van der Waals surface area contributed by atoms with Crippen LogP contribution in [0.1, 0.15) is 23.3 Å². The molecule has 0 bridgehead atoms. The molecule has 1 N–H and O–H groups in total. The Bertz CT molecular complexity index is 667. The molecule has 2 atom stereocenters. The Kier molecular flexibility index (Phi) is 3.93. The van der Waals surface area contributed by atoms with Gasteiger partial charge in [-0.3, -0.25) is 9.69 Å². The van der Waals surface area contributed by atoms with Gasteiger partial charge < -0.3 is 14.3 Å². The van der Waals surface area contributed by atoms with Crippen LogP contribution in [-0.4, -0.2) is 41.8 Å². The normalized spacial score (nSPS) is 22.4. The van der Waals surface area contributed by atoms with E-state index in [9.17, 15) is 9.90 Å². The van der Waals surface area contributed by atoms with E-state index in [2.05, 4.69) is 19.9 Å². The fraction of sp³-hybridized carbons (Fsp3) is 0.471. The minimum absolute atomic E-state index is 0.306. The summed E-state index contributed by atoms with van der Waals surface area (Å²) in [5.41, 5.74) is 3.27. The van der Waals surface area contributed by atoms with Crippen LogP contribution in [0.2, 0.25) is 0 Å². The average Bonchev–Trinajstić information content (AvgIpc) is 3.02. The number of carbonyl (C=O) groups excluding carboxylic acids is 1. The predicted octanol–water partition coefficient (Wildman–Crippen LogP) is 2.16. The Morgan fingerprint density at radius 2 is 2.09 bits per heavy atom. The molecular weight excluding hydrogens is 282 g/mol. The fourth-order valence-corrected chi connectivity index (χ4v) is 3.07. The van der Waals surface area contributed by atoms with E-state index in [1.165, 1.54) is 18.2 Å². The molecule has 2 aromatic rings. The largest absolute Gasteiger partial charge is 0.468 e. The van der Waals surface area contributed by atoms with E-state index < -0.39 is 12.1 Å². The zero-order valence-electron chi connectivity index (χ0n) is 13.1. The van der Waals surface area contributed by atoms with Gasteiger partial charge in [0.05, 0.1) is 19.8 Å². The van der Waals surface area contributed by atoms with E-state index in [0.29, 0.717) is 19.5 Å². The summed E-state index contributed by atoms with van der Waals surface area (Å²) in [5, 5.41) is 10.9. The number of rotatable bonds is 3. The molecule has 1 aromatic heterocycles. The van der Waals surface area contributed by atoms with Crippen LogP contribution < -0.4 is 0 Å². The molecule has 3 rings (SSSR count). The van der Waals surface area contributed by atoms with Gasteiger partial charge in [-0.2, -0.15) is 0 Å². The summed E-state index contributed by atoms with van der Waals surface area (Å²) in [6.07, 6.45) is -0.0940. The number of aryl methyl sites for hydroxylation is 2. The smallest absolute Gasteiger partial charge is 0.323 e. The molecule has 1 aliphatic heterocycles. The molecule has 0 radical (unpaired) electrons. The van der Waals surface area contributed by atoms with Crippen LogP contribution in [0.5, 0.6) is 0 Å². The van der Waals surface area contributed by atoms with Gasteiger partial charge in [-0.25, -0.2) is 0 Å². The van der Waals surface area contributed by atoms with Gasteiger partial charge in [-0.15, -0.1) is 0 Å². The number of esters is 1. The number of likely N-dealkylation sites (tertiary alicyclic amines) is 1. The highest BCUT2D eigenvalue weighted by molar-refractivity contribution is 5.80. The lowest BCUT2D eigenvalue weighted by Gasteiger charge is -2.20. The summed E-state index contributed by atoms with van der Waals surface area (Å²) in [7, 11) is 1.37. The van der Waals surface area contributed by atoms with Crippen molar-refractivity contribution in [3.05, 3.63) is 35.1 Å². The van der Waals surface area contributed by atoms with Gasteiger partial charge in [0.2, 0.25) is 0 Å². The number of nitrogens with zero attached hydrogens (tertiary/aromatic N) is 1. The fourth-order valence-electron chi connectivity index (χ4n) is 3.07. The van der Waals surface area contributed by atoms with Gasteiger partial charge in [0.25, 0.3) is 0 Å². The number of hydrogen-bond acceptors (Lipinski definition) is 5. The number of aliphatic hydroxyl groups is 1. The SMILES string of the molecule is COC(=O)[C@H]1C[C@H](O)CN1Cc1cc2cc(C)c(C)cc2o1. The van der Waals surface area contributed by atoms with Crippen LogP contribution >= 0.6 is 0 Å². The zero-order chi connectivity index (χ0) is 15.9. The summed E-state index contributed by atoms with van der Waals surface area (Å²) in [6, 6.07) is 5.73. The van der Waals surface area contributed by atoms with Gasteiger partial charge in [-0.1, -0.05) is 0 Å². The van der Waals surface area contributed by atoms with Crippen LogP contribution in [0.15, 0.2) is 22.6 Å². The molecule has 2 heterocycles. The van der Waals surface area contributed by atoms with Crippen molar-refractivity contribution in [1.29, 1.82) is 0 Å². The maximum absolute atomic E-state index is 11.8. The second kappa shape index (κ2) is 5.74. The molecule has 1 fully saturated rings. The van der Waals surface area contributed by atoms with Crippen molar-refractivity contribution in [1.82, 2.24) is 4.90 Å². The lowest BCUT2D eigenvalue weighted by atomic mass is 10.1. The van der Waals surface area contributed by atoms with E-state index in [-0.39, 0.29) is 5.97 Å². The van der Waals surface area contributed by atoms with E-state index in [0.717, 1.165) is 16.7 Å². The number of ether oxygens (including phenoxy) is 1. The topological polar surface area (TPSA) is 62.9 Å². The first-order valence-corrected chi connectivity index (χ1v) is 7.47. The summed E-state index contributed by atoms with van der Waals surface area (Å²) in [4.78, 5) is 13.7. The maximum atomic E-state index is 11.8. The molecule has 0 unspecified atom stereocenters. The number of methoxy groups -OCH3 is 1. The third-order valence-corrected chi connectivity index (χ3v) is 4.40. The second-order valence-corrected chi connectivity index (χ2v) is 6.04. The number of fused-ring (bicyclic) bond motifs is 1. The van der Waals surface area contributed by atoms with Gasteiger partial charge in [-0.05, 0) is 43.2 Å². The monoisotopic (exact) mass is 303 g/mol. The van der Waals surface area contributed by atoms with E-state index in [1.54, 1.807) is 0 Å². The Labute approximate surface area is 129 Å². The van der Waals surface area contributed by atoms with Crippen molar-refractivity contribution in [2.45, 2.75) is 39.0 Å². The number of carbonyl (C=O) groups is 1. The lowest BCUT2D eigenvalue weighted by molar-refractivity contribution is -0.146. The lowest BCUT2D eigenvalue weighted by Crippen LogP contribution is -2.36. The van der Waals surface area contributed by atoms with Crippen LogP contribution in [0.4, 0.5) is 0 Å². The summed E-state index contributed by atoms with van der Waals surface area (Å²) < 4.78 is 10.7. The molecule has 5 heteroatoms. The van der Waals surface area contributed by atoms with Crippen molar-refractivity contribution in [3.8, 4) is 0 Å². The molecule has 22 heavy (non-hydrogen) atoms.